The van der Waals surface area contributed by atoms with Gasteiger partial charge < -0.3 is 15.5 Å². The number of aromatic nitrogens is 2. The van der Waals surface area contributed by atoms with Gasteiger partial charge in [0.25, 0.3) is 0 Å². The highest BCUT2D eigenvalue weighted by Gasteiger charge is 2.22. The minimum absolute atomic E-state index is 0. The van der Waals surface area contributed by atoms with Gasteiger partial charge in [-0.1, -0.05) is 0 Å². The molecule has 0 spiro atoms. The van der Waals surface area contributed by atoms with Crippen LogP contribution in [0.3, 0.4) is 0 Å². The summed E-state index contributed by atoms with van der Waals surface area (Å²) in [5, 5.41) is 6.26. The van der Waals surface area contributed by atoms with Crippen LogP contribution in [0.25, 0.3) is 0 Å². The zero-order valence-corrected chi connectivity index (χ0v) is 16.5. The number of carbonyl (C=O) groups is 1. The lowest BCUT2D eigenvalue weighted by Crippen LogP contribution is -2.50. The van der Waals surface area contributed by atoms with Gasteiger partial charge >= 0.3 is 0 Å². The summed E-state index contributed by atoms with van der Waals surface area (Å²) < 4.78 is 0. The Labute approximate surface area is 167 Å². The molecule has 0 bridgehead atoms. The zero-order chi connectivity index (χ0) is 15.2. The number of amides is 1. The molecule has 2 saturated heterocycles. The smallest absolute Gasteiger partial charge is 0.237 e. The molecule has 25 heavy (non-hydrogen) atoms. The molecule has 2 aliphatic rings. The summed E-state index contributed by atoms with van der Waals surface area (Å²) in [5.74, 6) is 0.955. The molecule has 7 nitrogen and oxygen atoms in total. The van der Waals surface area contributed by atoms with E-state index in [0.717, 1.165) is 64.6 Å². The van der Waals surface area contributed by atoms with Gasteiger partial charge in [0.2, 0.25) is 11.9 Å². The number of hydrogen-bond acceptors (Lipinski definition) is 6. The van der Waals surface area contributed by atoms with Crippen molar-refractivity contribution in [2.75, 3.05) is 50.7 Å². The van der Waals surface area contributed by atoms with Gasteiger partial charge in [-0.3, -0.25) is 9.69 Å². The molecule has 1 amide bonds. The number of carbonyl (C=O) groups excluding carboxylic acids is 1. The Bertz CT molecular complexity index is 481. The summed E-state index contributed by atoms with van der Waals surface area (Å²) >= 11 is 0. The number of rotatable bonds is 5. The van der Waals surface area contributed by atoms with Crippen LogP contribution in [0.2, 0.25) is 0 Å². The van der Waals surface area contributed by atoms with Crippen LogP contribution in [0.15, 0.2) is 18.5 Å². The molecule has 1 aromatic heterocycles. The standard InChI is InChI=1S/C15H24N6O.3ClH/c22-14(13-3-1-4-16-13)17-7-8-20-9-11-21(12-10-20)15-18-5-2-6-19-15;;;/h2,5-6,13,16H,1,3-4,7-12H2,(H,17,22);3*1H. The van der Waals surface area contributed by atoms with Gasteiger partial charge in [-0.15, -0.1) is 37.2 Å². The summed E-state index contributed by atoms with van der Waals surface area (Å²) in [4.78, 5) is 25.1. The fourth-order valence-electron chi connectivity index (χ4n) is 2.99. The highest BCUT2D eigenvalue weighted by Crippen LogP contribution is 2.09. The molecule has 0 radical (unpaired) electrons. The Balaban J connectivity index is 0.00000192. The Hall–Kier alpha value is -0.860. The summed E-state index contributed by atoms with van der Waals surface area (Å²) in [5.41, 5.74) is 0. The molecule has 1 unspecified atom stereocenters. The lowest BCUT2D eigenvalue weighted by molar-refractivity contribution is -0.122. The van der Waals surface area contributed by atoms with Crippen LogP contribution in [0.1, 0.15) is 12.8 Å². The number of piperazine rings is 1. The molecule has 0 aliphatic carbocycles. The molecule has 1 aromatic rings. The van der Waals surface area contributed by atoms with Crippen molar-refractivity contribution in [1.29, 1.82) is 0 Å². The van der Waals surface area contributed by atoms with Crippen LogP contribution in [-0.4, -0.2) is 72.6 Å². The van der Waals surface area contributed by atoms with Crippen molar-refractivity contribution in [1.82, 2.24) is 25.5 Å². The molecule has 0 saturated carbocycles. The van der Waals surface area contributed by atoms with Crippen LogP contribution in [0, 0.1) is 0 Å². The minimum Gasteiger partial charge on any atom is -0.353 e. The molecule has 2 N–H and O–H groups in total. The van der Waals surface area contributed by atoms with E-state index in [-0.39, 0.29) is 49.2 Å². The molecule has 2 fully saturated rings. The van der Waals surface area contributed by atoms with Gasteiger partial charge in [-0.05, 0) is 25.5 Å². The van der Waals surface area contributed by atoms with Crippen molar-refractivity contribution in [3.05, 3.63) is 18.5 Å². The average Bonchev–Trinajstić information content (AvgIpc) is 3.11. The van der Waals surface area contributed by atoms with Crippen molar-refractivity contribution < 1.29 is 4.79 Å². The van der Waals surface area contributed by atoms with E-state index in [1.54, 1.807) is 12.4 Å². The van der Waals surface area contributed by atoms with Gasteiger partial charge in [0, 0.05) is 51.7 Å². The predicted octanol–water partition coefficient (Wildman–Crippen LogP) is 0.732. The van der Waals surface area contributed by atoms with Crippen LogP contribution in [-0.2, 0) is 4.79 Å². The third-order valence-corrected chi connectivity index (χ3v) is 4.31. The SMILES string of the molecule is Cl.Cl.Cl.O=C(NCCN1CCN(c2ncccn2)CC1)C1CCCN1. The first-order valence-corrected chi connectivity index (χ1v) is 8.08. The number of nitrogens with one attached hydrogen (secondary N) is 2. The minimum atomic E-state index is 0. The molecular formula is C15H27Cl3N6O. The van der Waals surface area contributed by atoms with Crippen LogP contribution >= 0.6 is 37.2 Å². The van der Waals surface area contributed by atoms with Crippen molar-refractivity contribution >= 4 is 49.1 Å². The third-order valence-electron chi connectivity index (χ3n) is 4.31. The molecule has 3 rings (SSSR count). The Kier molecular flexibility index (Phi) is 12.1. The van der Waals surface area contributed by atoms with E-state index in [2.05, 4.69) is 30.4 Å². The van der Waals surface area contributed by atoms with E-state index in [1.165, 1.54) is 0 Å². The first kappa shape index (κ1) is 24.1. The lowest BCUT2D eigenvalue weighted by Gasteiger charge is -2.34. The highest BCUT2D eigenvalue weighted by molar-refractivity contribution is 5.86. The van der Waals surface area contributed by atoms with Gasteiger partial charge in [-0.2, -0.15) is 0 Å². The van der Waals surface area contributed by atoms with Crippen LogP contribution < -0.4 is 15.5 Å². The van der Waals surface area contributed by atoms with Crippen LogP contribution in [0.4, 0.5) is 5.95 Å². The summed E-state index contributed by atoms with van der Waals surface area (Å²) in [7, 11) is 0. The van der Waals surface area contributed by atoms with Gasteiger partial charge in [0.1, 0.15) is 0 Å². The Morgan fingerprint density at radius 1 is 1.16 bits per heavy atom. The monoisotopic (exact) mass is 412 g/mol. The quantitative estimate of drug-likeness (QED) is 0.741. The topological polar surface area (TPSA) is 73.4 Å². The molecule has 0 aromatic carbocycles. The molecule has 2 aliphatic heterocycles. The zero-order valence-electron chi connectivity index (χ0n) is 14.1. The normalized spacial score (nSPS) is 20.0. The molecule has 10 heteroatoms. The number of anilines is 1. The van der Waals surface area contributed by atoms with Crippen molar-refractivity contribution in [3.8, 4) is 0 Å². The second-order valence-corrected chi connectivity index (χ2v) is 5.82. The second kappa shape index (κ2) is 12.5. The van der Waals surface area contributed by atoms with Gasteiger partial charge in [0.15, 0.2) is 0 Å². The highest BCUT2D eigenvalue weighted by atomic mass is 35.5. The third kappa shape index (κ3) is 7.11. The van der Waals surface area contributed by atoms with E-state index in [0.29, 0.717) is 0 Å². The number of nitrogens with zero attached hydrogens (tertiary/aromatic N) is 4. The van der Waals surface area contributed by atoms with Gasteiger partial charge in [0.05, 0.1) is 6.04 Å². The summed E-state index contributed by atoms with van der Waals surface area (Å²) in [6.07, 6.45) is 5.62. The molecule has 1 atom stereocenters. The van der Waals surface area contributed by atoms with Crippen molar-refractivity contribution in [2.24, 2.45) is 0 Å². The fraction of sp³-hybridized carbons (Fsp3) is 0.667. The predicted molar refractivity (Wildman–Crippen MR) is 106 cm³/mol. The van der Waals surface area contributed by atoms with Crippen molar-refractivity contribution in [2.45, 2.75) is 18.9 Å². The van der Waals surface area contributed by atoms with E-state index in [4.69, 9.17) is 0 Å². The van der Waals surface area contributed by atoms with E-state index < -0.39 is 0 Å². The van der Waals surface area contributed by atoms with Gasteiger partial charge in [-0.25, -0.2) is 9.97 Å². The van der Waals surface area contributed by atoms with Crippen molar-refractivity contribution in [3.63, 3.8) is 0 Å². The Morgan fingerprint density at radius 2 is 1.84 bits per heavy atom. The Morgan fingerprint density at radius 3 is 2.44 bits per heavy atom. The van der Waals surface area contributed by atoms with Crippen LogP contribution in [0.5, 0.6) is 0 Å². The molecular weight excluding hydrogens is 387 g/mol. The van der Waals surface area contributed by atoms with E-state index in [1.807, 2.05) is 6.07 Å². The summed E-state index contributed by atoms with van der Waals surface area (Å²) in [6, 6.07) is 1.86. The van der Waals surface area contributed by atoms with E-state index >= 15 is 0 Å². The molecule has 144 valence electrons. The first-order valence-electron chi connectivity index (χ1n) is 8.08. The number of hydrogen-bond donors (Lipinski definition) is 2. The lowest BCUT2D eigenvalue weighted by atomic mass is 10.2. The maximum absolute atomic E-state index is 11.9. The summed E-state index contributed by atoms with van der Waals surface area (Å²) in [6.45, 7) is 6.41. The first-order chi connectivity index (χ1) is 10.8. The average molecular weight is 414 g/mol. The maximum atomic E-state index is 11.9. The van der Waals surface area contributed by atoms with E-state index in [9.17, 15) is 4.79 Å². The maximum Gasteiger partial charge on any atom is 0.237 e. The number of halogens is 3. The fourth-order valence-corrected chi connectivity index (χ4v) is 2.99. The molecule has 3 heterocycles. The largest absolute Gasteiger partial charge is 0.353 e. The second-order valence-electron chi connectivity index (χ2n) is 5.82.